The van der Waals surface area contributed by atoms with E-state index >= 15 is 0 Å². The summed E-state index contributed by atoms with van der Waals surface area (Å²) in [6, 6.07) is 2.71. The van der Waals surface area contributed by atoms with Crippen molar-refractivity contribution in [3.63, 3.8) is 0 Å². The molecule has 3 aromatic rings. The van der Waals surface area contributed by atoms with Gasteiger partial charge in [0.15, 0.2) is 35.5 Å². The van der Waals surface area contributed by atoms with Crippen LogP contribution in [0.1, 0.15) is 18.7 Å². The Morgan fingerprint density at radius 2 is 1.82 bits per heavy atom. The summed E-state index contributed by atoms with van der Waals surface area (Å²) in [5, 5.41) is 4.37. The van der Waals surface area contributed by atoms with E-state index in [-0.39, 0.29) is 35.0 Å². The van der Waals surface area contributed by atoms with Crippen LogP contribution in [0.2, 0.25) is 0 Å². The minimum Gasteiger partial charge on any atom is -0.483 e. The van der Waals surface area contributed by atoms with Gasteiger partial charge < -0.3 is 9.64 Å². The molecule has 182 valence electrons. The molecule has 2 fully saturated rings. The smallest absolute Gasteiger partial charge is 0.456 e. The molecule has 4 heterocycles. The molecule has 1 aliphatic carbocycles. The highest BCUT2D eigenvalue weighted by molar-refractivity contribution is 5.52. The zero-order valence-corrected chi connectivity index (χ0v) is 17.7. The van der Waals surface area contributed by atoms with Gasteiger partial charge >= 0.3 is 12.1 Å². The van der Waals surface area contributed by atoms with Crippen molar-refractivity contribution in [2.24, 2.45) is 17.8 Å². The average Bonchev–Trinajstić information content (AvgIpc) is 3.28. The number of alkyl halides is 5. The van der Waals surface area contributed by atoms with Crippen LogP contribution < -0.4 is 9.64 Å². The van der Waals surface area contributed by atoms with Crippen LogP contribution in [0.25, 0.3) is 5.65 Å². The molecule has 0 radical (unpaired) electrons. The molecular formula is C21H20F6N6O. The number of hydrogen-bond acceptors (Lipinski definition) is 6. The average molecular weight is 486 g/mol. The third-order valence-corrected chi connectivity index (χ3v) is 6.59. The summed E-state index contributed by atoms with van der Waals surface area (Å²) in [7, 11) is 0. The standard InChI is InChI=1S/C21H20F6N6O/c22-15-7-28-11-29-18(15)32-8-12-3-4-13(9-32)14(12)6-17-30-19-16(2-1-5-33(19)31-17)34-10-20(23,24)21(25,26)27/h1-2,5,7,11-14H,3-4,6,8-10H2/t12-,13+,14?. The zero-order valence-electron chi connectivity index (χ0n) is 17.7. The number of fused-ring (bicyclic) bond motifs is 3. The van der Waals surface area contributed by atoms with E-state index in [1.54, 1.807) is 0 Å². The fourth-order valence-corrected chi connectivity index (χ4v) is 4.97. The Morgan fingerprint density at radius 3 is 2.50 bits per heavy atom. The van der Waals surface area contributed by atoms with Gasteiger partial charge in [-0.15, -0.1) is 0 Å². The minimum atomic E-state index is -5.71. The molecule has 1 saturated heterocycles. The Kier molecular flexibility index (Phi) is 5.52. The van der Waals surface area contributed by atoms with Gasteiger partial charge in [0, 0.05) is 25.7 Å². The van der Waals surface area contributed by atoms with Gasteiger partial charge in [-0.25, -0.2) is 23.9 Å². The normalized spacial score (nSPS) is 23.0. The summed E-state index contributed by atoms with van der Waals surface area (Å²) in [6.45, 7) is -0.590. The van der Waals surface area contributed by atoms with E-state index in [1.807, 2.05) is 4.90 Å². The summed E-state index contributed by atoms with van der Waals surface area (Å²) >= 11 is 0. The minimum absolute atomic E-state index is 0.0725. The molecule has 3 atom stereocenters. The first kappa shape index (κ1) is 22.7. The predicted octanol–water partition coefficient (Wildman–Crippen LogP) is 3.94. The van der Waals surface area contributed by atoms with Crippen molar-refractivity contribution in [3.05, 3.63) is 42.5 Å². The van der Waals surface area contributed by atoms with Crippen LogP contribution in [-0.4, -0.2) is 56.4 Å². The highest BCUT2D eigenvalue weighted by Gasteiger charge is 2.58. The maximum Gasteiger partial charge on any atom is 0.456 e. The summed E-state index contributed by atoms with van der Waals surface area (Å²) in [5.41, 5.74) is 0.0725. The number of anilines is 1. The van der Waals surface area contributed by atoms with Crippen molar-refractivity contribution < 1.29 is 31.1 Å². The number of piperidine rings is 1. The lowest BCUT2D eigenvalue weighted by Gasteiger charge is -2.38. The van der Waals surface area contributed by atoms with Crippen LogP contribution in [0, 0.1) is 23.6 Å². The molecule has 1 saturated carbocycles. The third-order valence-electron chi connectivity index (χ3n) is 6.59. The van der Waals surface area contributed by atoms with E-state index in [0.29, 0.717) is 25.3 Å². The lowest BCUT2D eigenvalue weighted by molar-refractivity contribution is -0.289. The van der Waals surface area contributed by atoms with Crippen molar-refractivity contribution in [1.82, 2.24) is 24.6 Å². The third kappa shape index (κ3) is 4.11. The fourth-order valence-electron chi connectivity index (χ4n) is 4.97. The van der Waals surface area contributed by atoms with Gasteiger partial charge in [0.05, 0.1) is 6.20 Å². The predicted molar refractivity (Wildman–Crippen MR) is 107 cm³/mol. The van der Waals surface area contributed by atoms with Crippen molar-refractivity contribution in [1.29, 1.82) is 0 Å². The van der Waals surface area contributed by atoms with Gasteiger partial charge in [-0.2, -0.15) is 27.1 Å². The van der Waals surface area contributed by atoms with Gasteiger partial charge in [0.1, 0.15) is 6.33 Å². The maximum absolute atomic E-state index is 14.1. The molecule has 5 rings (SSSR count). The van der Waals surface area contributed by atoms with E-state index in [4.69, 9.17) is 4.74 Å². The molecule has 2 aliphatic rings. The van der Waals surface area contributed by atoms with Crippen LogP contribution in [0.4, 0.5) is 32.2 Å². The highest BCUT2D eigenvalue weighted by atomic mass is 19.4. The molecule has 0 N–H and O–H groups in total. The Bertz CT molecular complexity index is 1170. The number of halogens is 6. The van der Waals surface area contributed by atoms with E-state index in [1.165, 1.54) is 29.2 Å². The van der Waals surface area contributed by atoms with Crippen LogP contribution in [0.15, 0.2) is 30.9 Å². The van der Waals surface area contributed by atoms with Crippen molar-refractivity contribution >= 4 is 11.5 Å². The summed E-state index contributed by atoms with van der Waals surface area (Å²) in [4.78, 5) is 14.1. The van der Waals surface area contributed by atoms with Crippen LogP contribution in [-0.2, 0) is 6.42 Å². The molecule has 7 nitrogen and oxygen atoms in total. The molecule has 0 spiro atoms. The second-order valence-corrected chi connectivity index (χ2v) is 8.72. The Morgan fingerprint density at radius 1 is 1.09 bits per heavy atom. The molecule has 3 aromatic heterocycles. The van der Waals surface area contributed by atoms with E-state index in [9.17, 15) is 26.3 Å². The van der Waals surface area contributed by atoms with E-state index in [2.05, 4.69) is 20.1 Å². The first-order valence-corrected chi connectivity index (χ1v) is 10.7. The van der Waals surface area contributed by atoms with Crippen molar-refractivity contribution in [2.45, 2.75) is 31.4 Å². The SMILES string of the molecule is Fc1cncnc1N1C[C@H]2CC[C@@H](C1)C2Cc1nc2c(OCC(F)(F)C(F)(F)F)cccn2n1. The molecule has 1 aliphatic heterocycles. The first-order chi connectivity index (χ1) is 16.1. The topological polar surface area (TPSA) is 68.4 Å². The zero-order chi connectivity index (χ0) is 24.1. The van der Waals surface area contributed by atoms with Gasteiger partial charge in [0.2, 0.25) is 0 Å². The molecule has 34 heavy (non-hydrogen) atoms. The second-order valence-electron chi connectivity index (χ2n) is 8.72. The number of nitrogens with zero attached hydrogens (tertiary/aromatic N) is 6. The van der Waals surface area contributed by atoms with E-state index in [0.717, 1.165) is 19.0 Å². The largest absolute Gasteiger partial charge is 0.483 e. The van der Waals surface area contributed by atoms with Crippen LogP contribution in [0.5, 0.6) is 5.75 Å². The molecule has 0 amide bonds. The summed E-state index contributed by atoms with van der Waals surface area (Å²) < 4.78 is 84.2. The lowest BCUT2D eigenvalue weighted by atomic mass is 9.82. The molecule has 2 bridgehead atoms. The monoisotopic (exact) mass is 486 g/mol. The Balaban J connectivity index is 1.31. The van der Waals surface area contributed by atoms with Gasteiger partial charge in [-0.1, -0.05) is 0 Å². The molecule has 0 aromatic carbocycles. The Hall–Kier alpha value is -3.12. The maximum atomic E-state index is 14.1. The van der Waals surface area contributed by atoms with Gasteiger partial charge in [-0.3, -0.25) is 0 Å². The second kappa shape index (κ2) is 8.27. The quantitative estimate of drug-likeness (QED) is 0.492. The van der Waals surface area contributed by atoms with Crippen LogP contribution >= 0.6 is 0 Å². The number of rotatable bonds is 6. The lowest BCUT2D eigenvalue weighted by Crippen LogP contribution is -2.43. The molecular weight excluding hydrogens is 466 g/mol. The molecule has 1 unspecified atom stereocenters. The van der Waals surface area contributed by atoms with Gasteiger partial charge in [-0.05, 0) is 42.7 Å². The Labute approximate surface area is 189 Å². The van der Waals surface area contributed by atoms with Gasteiger partial charge in [0.25, 0.3) is 0 Å². The number of ether oxygens (including phenoxy) is 1. The van der Waals surface area contributed by atoms with Crippen LogP contribution in [0.3, 0.4) is 0 Å². The van der Waals surface area contributed by atoms with E-state index < -0.39 is 24.5 Å². The number of hydrogen-bond donors (Lipinski definition) is 0. The highest BCUT2D eigenvalue weighted by Crippen LogP contribution is 2.44. The number of pyridine rings is 1. The first-order valence-electron chi connectivity index (χ1n) is 10.7. The fraction of sp³-hybridized carbons (Fsp3) is 0.524. The number of aromatic nitrogens is 5. The van der Waals surface area contributed by atoms with Crippen molar-refractivity contribution in [2.75, 3.05) is 24.6 Å². The summed E-state index contributed by atoms with van der Waals surface area (Å²) in [5.74, 6) is -4.16. The molecule has 13 heteroatoms. The van der Waals surface area contributed by atoms with Crippen molar-refractivity contribution in [3.8, 4) is 5.75 Å². The summed E-state index contributed by atoms with van der Waals surface area (Å²) in [6.07, 6.45) is 0.711.